The Bertz CT molecular complexity index is 344. The molecule has 0 aliphatic rings. The van der Waals surface area contributed by atoms with Gasteiger partial charge in [0.25, 0.3) is 0 Å². The van der Waals surface area contributed by atoms with Gasteiger partial charge in [0.15, 0.2) is 0 Å². The number of aryl methyl sites for hydroxylation is 1. The minimum absolute atomic E-state index is 0.0970. The number of carbonyl (C=O) groups is 1. The average molecular weight is 223 g/mol. The molecular weight excluding hydrogens is 202 g/mol. The quantitative estimate of drug-likeness (QED) is 0.705. The summed E-state index contributed by atoms with van der Waals surface area (Å²) in [6.45, 7) is 6.34. The van der Waals surface area contributed by atoms with Crippen molar-refractivity contribution in [3.63, 3.8) is 0 Å². The van der Waals surface area contributed by atoms with E-state index in [2.05, 4.69) is 28.2 Å². The van der Waals surface area contributed by atoms with Crippen LogP contribution in [0.1, 0.15) is 24.7 Å². The molecule has 4 nitrogen and oxygen atoms in total. The third-order valence-corrected chi connectivity index (χ3v) is 2.72. The van der Waals surface area contributed by atoms with Crippen LogP contribution in [0.5, 0.6) is 0 Å². The highest BCUT2D eigenvalue weighted by molar-refractivity contribution is 5.76. The topological polar surface area (TPSA) is 46.1 Å². The second-order valence-electron chi connectivity index (χ2n) is 3.91. The second kappa shape index (κ2) is 6.33. The first kappa shape index (κ1) is 12.8. The highest BCUT2D eigenvalue weighted by Gasteiger charge is 2.03. The van der Waals surface area contributed by atoms with E-state index in [4.69, 9.17) is 0 Å². The number of amides is 1. The summed E-state index contributed by atoms with van der Waals surface area (Å²) in [7, 11) is 2.01. The van der Waals surface area contributed by atoms with Crippen molar-refractivity contribution in [3.8, 4) is 0 Å². The smallest absolute Gasteiger partial charge is 0.221 e. The SMILES string of the molecule is CCNCCC(=O)NCc1ccc(C)n1C. The normalized spacial score (nSPS) is 10.4. The van der Waals surface area contributed by atoms with E-state index in [9.17, 15) is 4.79 Å². The van der Waals surface area contributed by atoms with Crippen molar-refractivity contribution in [2.75, 3.05) is 13.1 Å². The Morgan fingerprint density at radius 2 is 2.19 bits per heavy atom. The molecule has 1 aromatic heterocycles. The van der Waals surface area contributed by atoms with Crippen LogP contribution in [0.3, 0.4) is 0 Å². The van der Waals surface area contributed by atoms with Crippen LogP contribution in [0.4, 0.5) is 0 Å². The van der Waals surface area contributed by atoms with E-state index in [0.29, 0.717) is 13.0 Å². The lowest BCUT2D eigenvalue weighted by Crippen LogP contribution is -2.27. The number of hydrogen-bond donors (Lipinski definition) is 2. The van der Waals surface area contributed by atoms with Crippen LogP contribution in [0.2, 0.25) is 0 Å². The molecule has 0 saturated carbocycles. The molecule has 0 aliphatic heterocycles. The fourth-order valence-electron chi connectivity index (χ4n) is 1.50. The van der Waals surface area contributed by atoms with Crippen molar-refractivity contribution in [2.24, 2.45) is 7.05 Å². The van der Waals surface area contributed by atoms with Crippen LogP contribution < -0.4 is 10.6 Å². The summed E-state index contributed by atoms with van der Waals surface area (Å²) >= 11 is 0. The highest BCUT2D eigenvalue weighted by atomic mass is 16.1. The molecule has 0 fully saturated rings. The van der Waals surface area contributed by atoms with Gasteiger partial charge in [0.1, 0.15) is 0 Å². The number of carbonyl (C=O) groups excluding carboxylic acids is 1. The first-order valence-electron chi connectivity index (χ1n) is 5.73. The maximum atomic E-state index is 11.4. The number of rotatable bonds is 6. The van der Waals surface area contributed by atoms with Crippen molar-refractivity contribution < 1.29 is 4.79 Å². The van der Waals surface area contributed by atoms with Crippen LogP contribution in [0.15, 0.2) is 12.1 Å². The molecule has 1 amide bonds. The van der Waals surface area contributed by atoms with Gasteiger partial charge in [0.2, 0.25) is 5.91 Å². The predicted octanol–water partition coefficient (Wildman–Crippen LogP) is 0.949. The van der Waals surface area contributed by atoms with Gasteiger partial charge in [0, 0.05) is 31.4 Å². The minimum atomic E-state index is 0.0970. The van der Waals surface area contributed by atoms with Crippen LogP contribution in [-0.2, 0) is 18.4 Å². The molecule has 0 saturated heterocycles. The molecule has 2 N–H and O–H groups in total. The molecule has 0 spiro atoms. The summed E-state index contributed by atoms with van der Waals surface area (Å²) < 4.78 is 2.09. The molecule has 0 atom stereocenters. The molecule has 1 rings (SSSR count). The molecular formula is C12H21N3O. The summed E-state index contributed by atoms with van der Waals surface area (Å²) in [4.78, 5) is 11.4. The Kier molecular flexibility index (Phi) is 5.05. The van der Waals surface area contributed by atoms with Crippen LogP contribution in [-0.4, -0.2) is 23.6 Å². The average Bonchev–Trinajstić information content (AvgIpc) is 2.58. The lowest BCUT2D eigenvalue weighted by Gasteiger charge is -2.07. The van der Waals surface area contributed by atoms with Gasteiger partial charge >= 0.3 is 0 Å². The second-order valence-corrected chi connectivity index (χ2v) is 3.91. The first-order chi connectivity index (χ1) is 7.65. The summed E-state index contributed by atoms with van der Waals surface area (Å²) in [5, 5.41) is 6.04. The van der Waals surface area contributed by atoms with Gasteiger partial charge in [-0.15, -0.1) is 0 Å². The molecule has 0 aliphatic carbocycles. The summed E-state index contributed by atoms with van der Waals surface area (Å²) in [5.41, 5.74) is 2.34. The van der Waals surface area contributed by atoms with E-state index in [-0.39, 0.29) is 5.91 Å². The van der Waals surface area contributed by atoms with Crippen molar-refractivity contribution >= 4 is 5.91 Å². The zero-order valence-corrected chi connectivity index (χ0v) is 10.3. The van der Waals surface area contributed by atoms with Crippen molar-refractivity contribution in [1.29, 1.82) is 0 Å². The molecule has 0 radical (unpaired) electrons. The van der Waals surface area contributed by atoms with E-state index in [1.807, 2.05) is 20.0 Å². The van der Waals surface area contributed by atoms with E-state index in [0.717, 1.165) is 18.8 Å². The molecule has 4 heteroatoms. The van der Waals surface area contributed by atoms with Gasteiger partial charge < -0.3 is 15.2 Å². The summed E-state index contributed by atoms with van der Waals surface area (Å²) in [6.07, 6.45) is 0.539. The minimum Gasteiger partial charge on any atom is -0.350 e. The fourth-order valence-corrected chi connectivity index (χ4v) is 1.50. The Morgan fingerprint density at radius 1 is 1.44 bits per heavy atom. The lowest BCUT2D eigenvalue weighted by molar-refractivity contribution is -0.121. The summed E-state index contributed by atoms with van der Waals surface area (Å²) in [5.74, 6) is 0.0970. The van der Waals surface area contributed by atoms with Crippen molar-refractivity contribution in [3.05, 3.63) is 23.5 Å². The third kappa shape index (κ3) is 3.70. The fraction of sp³-hybridized carbons (Fsp3) is 0.583. The third-order valence-electron chi connectivity index (χ3n) is 2.72. The Hall–Kier alpha value is -1.29. The molecule has 1 aromatic rings. The van der Waals surface area contributed by atoms with E-state index >= 15 is 0 Å². The standard InChI is InChI=1S/C12H21N3O/c1-4-13-8-7-12(16)14-9-11-6-5-10(2)15(11)3/h5-6,13H,4,7-9H2,1-3H3,(H,14,16). The number of nitrogens with zero attached hydrogens (tertiary/aromatic N) is 1. The number of hydrogen-bond acceptors (Lipinski definition) is 2. The zero-order valence-electron chi connectivity index (χ0n) is 10.3. The van der Waals surface area contributed by atoms with Gasteiger partial charge in [-0.2, -0.15) is 0 Å². The maximum Gasteiger partial charge on any atom is 0.221 e. The van der Waals surface area contributed by atoms with Gasteiger partial charge in [-0.25, -0.2) is 0 Å². The highest BCUT2D eigenvalue weighted by Crippen LogP contribution is 2.04. The van der Waals surface area contributed by atoms with Crippen LogP contribution in [0, 0.1) is 6.92 Å². The molecule has 0 aromatic carbocycles. The monoisotopic (exact) mass is 223 g/mol. The van der Waals surface area contributed by atoms with Crippen molar-refractivity contribution in [2.45, 2.75) is 26.8 Å². The van der Waals surface area contributed by atoms with Gasteiger partial charge in [0.05, 0.1) is 6.54 Å². The molecule has 1 heterocycles. The van der Waals surface area contributed by atoms with Gasteiger partial charge in [-0.1, -0.05) is 6.92 Å². The summed E-state index contributed by atoms with van der Waals surface area (Å²) in [6, 6.07) is 4.10. The Morgan fingerprint density at radius 3 is 2.75 bits per heavy atom. The molecule has 0 bridgehead atoms. The lowest BCUT2D eigenvalue weighted by atomic mass is 10.3. The maximum absolute atomic E-state index is 11.4. The van der Waals surface area contributed by atoms with Crippen LogP contribution >= 0.6 is 0 Å². The Labute approximate surface area is 97.0 Å². The Balaban J connectivity index is 2.29. The molecule has 16 heavy (non-hydrogen) atoms. The van der Waals surface area contributed by atoms with Crippen LogP contribution in [0.25, 0.3) is 0 Å². The van der Waals surface area contributed by atoms with E-state index < -0.39 is 0 Å². The molecule has 90 valence electrons. The zero-order chi connectivity index (χ0) is 12.0. The largest absolute Gasteiger partial charge is 0.350 e. The predicted molar refractivity (Wildman–Crippen MR) is 65.2 cm³/mol. The van der Waals surface area contributed by atoms with Crippen molar-refractivity contribution in [1.82, 2.24) is 15.2 Å². The van der Waals surface area contributed by atoms with E-state index in [1.165, 1.54) is 5.69 Å². The number of nitrogens with one attached hydrogen (secondary N) is 2. The van der Waals surface area contributed by atoms with Gasteiger partial charge in [-0.3, -0.25) is 4.79 Å². The molecule has 0 unspecified atom stereocenters. The first-order valence-corrected chi connectivity index (χ1v) is 5.73. The van der Waals surface area contributed by atoms with E-state index in [1.54, 1.807) is 0 Å². The number of aromatic nitrogens is 1. The van der Waals surface area contributed by atoms with Gasteiger partial charge in [-0.05, 0) is 25.6 Å².